The number of nitrogens with one attached hydrogen (secondary N) is 2. The molecular weight excluding hydrogens is 306 g/mol. The third kappa shape index (κ3) is 2.67. The predicted octanol–water partition coefficient (Wildman–Crippen LogP) is 2.07. The van der Waals surface area contributed by atoms with E-state index in [2.05, 4.69) is 20.7 Å². The lowest BCUT2D eigenvalue weighted by Gasteiger charge is -2.11. The molecule has 0 spiro atoms. The van der Waals surface area contributed by atoms with Crippen molar-refractivity contribution in [2.75, 3.05) is 10.6 Å². The van der Waals surface area contributed by atoms with Crippen LogP contribution >= 0.6 is 11.6 Å². The number of halogens is 1. The van der Waals surface area contributed by atoms with Gasteiger partial charge in [0, 0.05) is 10.7 Å². The molecule has 7 nitrogen and oxygen atoms in total. The molecular formula is C14H14ClN5O2. The molecule has 114 valence electrons. The Bertz CT molecular complexity index is 771. The predicted molar refractivity (Wildman–Crippen MR) is 81.9 cm³/mol. The van der Waals surface area contributed by atoms with Gasteiger partial charge in [-0.2, -0.15) is 10.1 Å². The molecule has 8 heteroatoms. The smallest absolute Gasteiger partial charge is 0.252 e. The van der Waals surface area contributed by atoms with Crippen molar-refractivity contribution in [1.82, 2.24) is 14.8 Å². The van der Waals surface area contributed by atoms with E-state index in [9.17, 15) is 9.59 Å². The van der Waals surface area contributed by atoms with E-state index in [1.165, 1.54) is 4.68 Å². The Hall–Kier alpha value is -2.41. The molecule has 2 aromatic rings. The zero-order chi connectivity index (χ0) is 15.9. The first kappa shape index (κ1) is 14.5. The lowest BCUT2D eigenvalue weighted by Crippen LogP contribution is -2.24. The van der Waals surface area contributed by atoms with Crippen molar-refractivity contribution in [3.05, 3.63) is 34.6 Å². The lowest BCUT2D eigenvalue weighted by atomic mass is 10.1. The second-order valence-electron chi connectivity index (χ2n) is 5.14. The fourth-order valence-electron chi connectivity index (χ4n) is 2.32. The van der Waals surface area contributed by atoms with Gasteiger partial charge in [0.1, 0.15) is 11.9 Å². The molecule has 0 unspecified atom stereocenters. The summed E-state index contributed by atoms with van der Waals surface area (Å²) in [4.78, 5) is 28.2. The second kappa shape index (κ2) is 5.42. The number of fused-ring (bicyclic) bond motifs is 1. The highest BCUT2D eigenvalue weighted by atomic mass is 35.5. The summed E-state index contributed by atoms with van der Waals surface area (Å²) in [6, 6.07) is 4.56. The molecule has 2 heterocycles. The van der Waals surface area contributed by atoms with E-state index >= 15 is 0 Å². The normalized spacial score (nSPS) is 16.3. The van der Waals surface area contributed by atoms with Crippen molar-refractivity contribution >= 4 is 35.1 Å². The van der Waals surface area contributed by atoms with Crippen molar-refractivity contribution in [2.45, 2.75) is 26.3 Å². The molecule has 0 fully saturated rings. The van der Waals surface area contributed by atoms with Gasteiger partial charge in [-0.3, -0.25) is 14.9 Å². The van der Waals surface area contributed by atoms with Gasteiger partial charge in [0.05, 0.1) is 6.42 Å². The number of amides is 2. The molecule has 0 saturated heterocycles. The standard InChI is InChI=1S/C14H14ClN5O2/c1-7-3-4-9(15)5-10(7)17-12(21)6-11-13(22)18-14-16-8(2)19-20(11)14/h3-5,11H,6H2,1-2H3,(H,17,21)(H,16,18,19,22)/t11-/m1/s1. The summed E-state index contributed by atoms with van der Waals surface area (Å²) < 4.78 is 1.45. The zero-order valence-electron chi connectivity index (χ0n) is 12.1. The number of hydrogen-bond donors (Lipinski definition) is 2. The molecule has 1 aromatic heterocycles. The van der Waals surface area contributed by atoms with Gasteiger partial charge < -0.3 is 5.32 Å². The van der Waals surface area contributed by atoms with Crippen LogP contribution in [0.4, 0.5) is 11.6 Å². The van der Waals surface area contributed by atoms with Crippen LogP contribution in [0.5, 0.6) is 0 Å². The van der Waals surface area contributed by atoms with Crippen LogP contribution in [0, 0.1) is 13.8 Å². The van der Waals surface area contributed by atoms with Crippen molar-refractivity contribution < 1.29 is 9.59 Å². The highest BCUT2D eigenvalue weighted by molar-refractivity contribution is 6.31. The van der Waals surface area contributed by atoms with E-state index in [0.717, 1.165) is 5.56 Å². The SMILES string of the molecule is Cc1nc2n(n1)[C@H](CC(=O)Nc1cc(Cl)ccc1C)C(=O)N2. The summed E-state index contributed by atoms with van der Waals surface area (Å²) in [5, 5.41) is 10.1. The Morgan fingerprint density at radius 2 is 2.23 bits per heavy atom. The third-order valence-electron chi connectivity index (χ3n) is 3.42. The molecule has 0 bridgehead atoms. The average molecular weight is 320 g/mol. The first-order valence-electron chi connectivity index (χ1n) is 6.74. The Balaban J connectivity index is 1.74. The Kier molecular flexibility index (Phi) is 3.58. The molecule has 22 heavy (non-hydrogen) atoms. The lowest BCUT2D eigenvalue weighted by molar-refractivity contribution is -0.123. The van der Waals surface area contributed by atoms with Crippen molar-refractivity contribution in [2.24, 2.45) is 0 Å². The Labute approximate surface area is 131 Å². The van der Waals surface area contributed by atoms with Crippen LogP contribution in [-0.2, 0) is 9.59 Å². The first-order chi connectivity index (χ1) is 10.4. The quantitative estimate of drug-likeness (QED) is 0.906. The van der Waals surface area contributed by atoms with Crippen LogP contribution in [0.2, 0.25) is 5.02 Å². The number of hydrogen-bond acceptors (Lipinski definition) is 4. The van der Waals surface area contributed by atoms with E-state index in [1.54, 1.807) is 19.1 Å². The van der Waals surface area contributed by atoms with E-state index in [-0.39, 0.29) is 18.2 Å². The summed E-state index contributed by atoms with van der Waals surface area (Å²) in [6.07, 6.45) is -0.0203. The first-order valence-corrected chi connectivity index (χ1v) is 7.12. The number of rotatable bonds is 3. The largest absolute Gasteiger partial charge is 0.326 e. The summed E-state index contributed by atoms with van der Waals surface area (Å²) in [5.41, 5.74) is 1.52. The van der Waals surface area contributed by atoms with E-state index in [4.69, 9.17) is 11.6 Å². The molecule has 1 aromatic carbocycles. The number of benzene rings is 1. The highest BCUT2D eigenvalue weighted by Crippen LogP contribution is 2.26. The number of aryl methyl sites for hydroxylation is 2. The van der Waals surface area contributed by atoms with Crippen LogP contribution in [0.3, 0.4) is 0 Å². The monoisotopic (exact) mass is 319 g/mol. The third-order valence-corrected chi connectivity index (χ3v) is 3.66. The molecule has 1 aliphatic heterocycles. The maximum Gasteiger partial charge on any atom is 0.252 e. The van der Waals surface area contributed by atoms with E-state index < -0.39 is 6.04 Å². The molecule has 1 aliphatic rings. The van der Waals surface area contributed by atoms with Crippen LogP contribution in [0.25, 0.3) is 0 Å². The minimum atomic E-state index is -0.685. The summed E-state index contributed by atoms with van der Waals surface area (Å²) in [6.45, 7) is 3.59. The molecule has 1 atom stereocenters. The topological polar surface area (TPSA) is 88.9 Å². The van der Waals surface area contributed by atoms with E-state index in [0.29, 0.717) is 22.5 Å². The van der Waals surface area contributed by atoms with Gasteiger partial charge in [-0.05, 0) is 31.5 Å². The van der Waals surface area contributed by atoms with Crippen molar-refractivity contribution in [3.63, 3.8) is 0 Å². The zero-order valence-corrected chi connectivity index (χ0v) is 12.8. The summed E-state index contributed by atoms with van der Waals surface area (Å²) in [7, 11) is 0. The molecule has 3 rings (SSSR count). The van der Waals surface area contributed by atoms with Crippen LogP contribution in [-0.4, -0.2) is 26.6 Å². The molecule has 2 amide bonds. The Morgan fingerprint density at radius 3 is 3.00 bits per heavy atom. The Morgan fingerprint density at radius 1 is 1.45 bits per heavy atom. The number of nitrogens with zero attached hydrogens (tertiary/aromatic N) is 3. The number of aromatic nitrogens is 3. The van der Waals surface area contributed by atoms with Crippen LogP contribution in [0.15, 0.2) is 18.2 Å². The number of carbonyl (C=O) groups excluding carboxylic acids is 2. The average Bonchev–Trinajstić information content (AvgIpc) is 2.92. The minimum absolute atomic E-state index is 0.0203. The number of carbonyl (C=O) groups is 2. The van der Waals surface area contributed by atoms with E-state index in [1.807, 2.05) is 13.0 Å². The van der Waals surface area contributed by atoms with Crippen molar-refractivity contribution in [1.29, 1.82) is 0 Å². The van der Waals surface area contributed by atoms with Gasteiger partial charge in [0.2, 0.25) is 11.9 Å². The van der Waals surface area contributed by atoms with Crippen LogP contribution < -0.4 is 10.6 Å². The maximum atomic E-state index is 12.2. The van der Waals surface area contributed by atoms with Crippen LogP contribution in [0.1, 0.15) is 23.9 Å². The fraction of sp³-hybridized carbons (Fsp3) is 0.286. The fourth-order valence-corrected chi connectivity index (χ4v) is 2.49. The molecule has 2 N–H and O–H groups in total. The molecule has 0 aliphatic carbocycles. The maximum absolute atomic E-state index is 12.2. The van der Waals surface area contributed by atoms with Gasteiger partial charge in [0.15, 0.2) is 0 Å². The minimum Gasteiger partial charge on any atom is -0.326 e. The van der Waals surface area contributed by atoms with Gasteiger partial charge in [-0.25, -0.2) is 4.68 Å². The van der Waals surface area contributed by atoms with Crippen molar-refractivity contribution in [3.8, 4) is 0 Å². The molecule has 0 saturated carbocycles. The second-order valence-corrected chi connectivity index (χ2v) is 5.58. The van der Waals surface area contributed by atoms with Gasteiger partial charge >= 0.3 is 0 Å². The molecule has 0 radical (unpaired) electrons. The van der Waals surface area contributed by atoms with Gasteiger partial charge in [0.25, 0.3) is 5.91 Å². The number of anilines is 2. The highest BCUT2D eigenvalue weighted by Gasteiger charge is 2.34. The van der Waals surface area contributed by atoms with Gasteiger partial charge in [-0.1, -0.05) is 17.7 Å². The summed E-state index contributed by atoms with van der Waals surface area (Å²) in [5.74, 6) is 0.352. The van der Waals surface area contributed by atoms with Gasteiger partial charge in [-0.15, -0.1) is 0 Å². The summed E-state index contributed by atoms with van der Waals surface area (Å²) >= 11 is 5.93.